The number of aromatic amines is 3. The smallest absolute Gasteiger partial charge is 0.302 e. The summed E-state index contributed by atoms with van der Waals surface area (Å²) in [5.74, 6) is -5.00. The number of piperidine rings is 3. The highest BCUT2D eigenvalue weighted by molar-refractivity contribution is 5.89. The van der Waals surface area contributed by atoms with Crippen LogP contribution in [0.15, 0.2) is 55.7 Å². The van der Waals surface area contributed by atoms with Crippen LogP contribution in [0.3, 0.4) is 0 Å². The molecule has 0 bridgehead atoms. The van der Waals surface area contributed by atoms with Crippen molar-refractivity contribution in [3.63, 3.8) is 0 Å². The number of H-pyrrole nitrogens is 3. The monoisotopic (exact) mass is 951 g/mol. The first-order chi connectivity index (χ1) is 38.7. The summed E-state index contributed by atoms with van der Waals surface area (Å²) in [5, 5.41) is 1.67. The van der Waals surface area contributed by atoms with Gasteiger partial charge in [0.2, 0.25) is 0 Å². The molecule has 3 fully saturated rings. The van der Waals surface area contributed by atoms with Crippen LogP contribution in [0.1, 0.15) is 59.1 Å². The summed E-state index contributed by atoms with van der Waals surface area (Å²) < 4.78 is 116. The fourth-order valence-electron chi connectivity index (χ4n) is 8.21. The van der Waals surface area contributed by atoms with Crippen LogP contribution in [0, 0.1) is 37.4 Å². The Kier molecular flexibility index (Phi) is 10.9. The zero-order valence-corrected chi connectivity index (χ0v) is 38.5. The van der Waals surface area contributed by atoms with E-state index in [9.17, 15) is 14.4 Å². The number of amides is 3. The van der Waals surface area contributed by atoms with E-state index >= 15 is 0 Å². The molecule has 3 saturated heterocycles. The number of carbonyl (C=O) groups excluding carboxylic acids is 3. The minimum Gasteiger partial charge on any atom is -0.354 e. The van der Waals surface area contributed by atoms with E-state index in [1.807, 2.05) is 0 Å². The normalized spacial score (nSPS) is 29.8. The van der Waals surface area contributed by atoms with Crippen molar-refractivity contribution in [3.05, 3.63) is 90.0 Å². The number of hydrogen-bond acceptors (Lipinski definition) is 12. The van der Waals surface area contributed by atoms with Gasteiger partial charge in [0.25, 0.3) is 19.6 Å². The maximum atomic E-state index is 12.3. The third kappa shape index (κ3) is 11.0. The van der Waals surface area contributed by atoms with Crippen LogP contribution in [-0.4, -0.2) is 175 Å². The molecule has 3 amide bonds. The summed E-state index contributed by atoms with van der Waals surface area (Å²) in [6.45, 7) is 16.0. The lowest BCUT2D eigenvalue weighted by Gasteiger charge is -2.41. The molecular formula is C48H60N18O3. The van der Waals surface area contributed by atoms with Crippen molar-refractivity contribution < 1.29 is 33.6 Å². The fraction of sp³-hybridized carbons (Fsp3) is 0.500. The van der Waals surface area contributed by atoms with Crippen molar-refractivity contribution in [2.75, 3.05) is 94.7 Å². The summed E-state index contributed by atoms with van der Waals surface area (Å²) in [5.41, 5.74) is 1.24. The van der Waals surface area contributed by atoms with Crippen molar-refractivity contribution in [1.82, 2.24) is 59.6 Å². The first-order valence-corrected chi connectivity index (χ1v) is 21.7. The first-order valence-electron chi connectivity index (χ1n) is 28.7. The fourth-order valence-corrected chi connectivity index (χ4v) is 8.21. The second-order valence-corrected chi connectivity index (χ2v) is 16.2. The van der Waals surface area contributed by atoms with E-state index in [4.69, 9.17) is 38.9 Å². The summed E-state index contributed by atoms with van der Waals surface area (Å²) >= 11 is 0. The van der Waals surface area contributed by atoms with E-state index in [1.54, 1.807) is 62.7 Å². The lowest BCUT2D eigenvalue weighted by Crippen LogP contribution is -2.53. The largest absolute Gasteiger partial charge is 0.354 e. The van der Waals surface area contributed by atoms with E-state index in [0.29, 0.717) is 51.9 Å². The van der Waals surface area contributed by atoms with Gasteiger partial charge in [0.1, 0.15) is 57.4 Å². The molecule has 3 aliphatic heterocycles. The number of aromatic nitrogens is 9. The van der Waals surface area contributed by atoms with Gasteiger partial charge in [0.05, 0.1) is 38.3 Å². The maximum absolute atomic E-state index is 12.3. The number of hydrogen-bond donors (Lipinski definition) is 3. The van der Waals surface area contributed by atoms with Crippen molar-refractivity contribution >= 4 is 68.3 Å². The van der Waals surface area contributed by atoms with Gasteiger partial charge in [-0.1, -0.05) is 20.6 Å². The molecule has 6 atom stereocenters. The number of carbonyl (C=O) groups is 3. The van der Waals surface area contributed by atoms with Crippen molar-refractivity contribution in [2.24, 2.45) is 17.7 Å². The molecule has 3 aliphatic rings. The minimum atomic E-state index is -2.81. The predicted octanol–water partition coefficient (Wildman–Crippen LogP) is 4.65. The second-order valence-electron chi connectivity index (χ2n) is 16.2. The van der Waals surface area contributed by atoms with E-state index in [2.05, 4.69) is 59.4 Å². The van der Waals surface area contributed by atoms with Crippen molar-refractivity contribution in [2.45, 2.75) is 57.9 Å². The number of nitrogens with zero attached hydrogens (tertiary/aromatic N) is 15. The van der Waals surface area contributed by atoms with Gasteiger partial charge in [0.15, 0.2) is 0 Å². The molecule has 21 heteroatoms. The summed E-state index contributed by atoms with van der Waals surface area (Å²) in [7, 11) is 4.62. The number of nitrogens with one attached hydrogen (secondary N) is 3. The second kappa shape index (κ2) is 22.3. The van der Waals surface area contributed by atoms with E-state index in [-0.39, 0.29) is 95.1 Å². The molecule has 0 aromatic carbocycles. The van der Waals surface area contributed by atoms with Gasteiger partial charge < -0.3 is 58.9 Å². The van der Waals surface area contributed by atoms with Gasteiger partial charge in [-0.3, -0.25) is 14.4 Å². The number of fused-ring (bicyclic) bond motifs is 3. The maximum Gasteiger partial charge on any atom is 0.302 e. The lowest BCUT2D eigenvalue weighted by atomic mass is 9.92. The van der Waals surface area contributed by atoms with Crippen LogP contribution in [0.25, 0.3) is 47.6 Å². The Morgan fingerprint density at radius 3 is 1.36 bits per heavy atom. The molecule has 9 heterocycles. The highest BCUT2D eigenvalue weighted by Crippen LogP contribution is 2.31. The molecule has 21 nitrogen and oxygen atoms in total. The number of anilines is 3. The standard InChI is InChI=1S/3C16H20N6O/c3*1-11-5-7-22(14(23)8-17-2)9-13(11)21(3)16-12-4-6-18-15(12)19-10-20-16/h3*4,6,10-11,13H,5,7-9H2,1,3H3,(H,18,19,20)/t3*11-,13+/m111/s1/i1D3,10D,11D,13D;10D,11D,13D;1D3,10D,13D. The Morgan fingerprint density at radius 1 is 0.609 bits per heavy atom. The molecule has 69 heavy (non-hydrogen) atoms. The molecule has 0 unspecified atom stereocenters. The molecule has 6 aromatic rings. The number of likely N-dealkylation sites (tertiary alicyclic amines) is 3. The molecule has 0 saturated carbocycles. The Bertz CT molecular complexity index is 3540. The van der Waals surface area contributed by atoms with Crippen LogP contribution >= 0.6 is 0 Å². The minimum absolute atomic E-state index is 0.0128. The van der Waals surface area contributed by atoms with Gasteiger partial charge in [-0.15, -0.1) is 0 Å². The Morgan fingerprint density at radius 2 is 0.971 bits per heavy atom. The van der Waals surface area contributed by atoms with Crippen molar-refractivity contribution in [1.29, 1.82) is 0 Å². The molecule has 3 N–H and O–H groups in total. The Hall–Kier alpha value is -7.86. The van der Waals surface area contributed by atoms with Crippen LogP contribution < -0.4 is 14.7 Å². The SMILES string of the molecule is [2H]c1nc(N(C)[C@@]2([2H])CN(C(=O)C[N+]#[C-])CC[C@@]2([2H])C([2H])([2H])[2H])c2cc[nH]c2n1.[2H]c1nc(N(C)[C@@]2([2H])CN(C(=O)C[N+]#[C-])CC[C@@]2([2H])C)c2cc[nH]c2n1.[2H]c1nc(N(C)[C@@]2([2H])CN(C(=O)C[N+]#[C-])CC[C@H]2C([2H])([2H])[2H])c2cc[nH]c2n1. The van der Waals surface area contributed by atoms with E-state index in [0.717, 1.165) is 0 Å². The molecule has 9 rings (SSSR count). The van der Waals surface area contributed by atoms with Crippen LogP contribution in [-0.2, 0) is 14.4 Å². The average Bonchev–Trinajstić information content (AvgIpc) is 2.16. The molecule has 6 aromatic heterocycles. The number of rotatable bonds is 9. The third-order valence-electron chi connectivity index (χ3n) is 12.1. The van der Waals surface area contributed by atoms with Crippen LogP contribution in [0.4, 0.5) is 17.5 Å². The van der Waals surface area contributed by atoms with Gasteiger partial charge >= 0.3 is 17.7 Å². The molecule has 0 radical (unpaired) electrons. The summed E-state index contributed by atoms with van der Waals surface area (Å²) in [6.07, 6.45) is 4.25. The zero-order chi connectivity index (χ0) is 61.4. The lowest BCUT2D eigenvalue weighted by molar-refractivity contribution is -0.131. The van der Waals surface area contributed by atoms with Crippen molar-refractivity contribution in [3.8, 4) is 0 Å². The van der Waals surface area contributed by atoms with Crippen LogP contribution in [0.5, 0.6) is 0 Å². The summed E-state index contributed by atoms with van der Waals surface area (Å²) in [6, 6.07) is -0.232. The molecular weight excluding hydrogens is 877 g/mol. The number of likely N-dealkylation sites (N-methyl/N-ethyl adjacent to an activating group) is 3. The molecule has 0 spiro atoms. The van der Waals surface area contributed by atoms with Crippen LogP contribution in [0.2, 0.25) is 0 Å². The predicted molar refractivity (Wildman–Crippen MR) is 264 cm³/mol. The quantitative estimate of drug-likeness (QED) is 0.169. The average molecular weight is 951 g/mol. The topological polar surface area (TPSA) is 208 Å². The highest BCUT2D eigenvalue weighted by Gasteiger charge is 2.36. The Labute approximate surface area is 421 Å². The van der Waals surface area contributed by atoms with Gasteiger partial charge in [-0.25, -0.2) is 49.6 Å². The van der Waals surface area contributed by atoms with E-state index < -0.39 is 67.8 Å². The molecule has 0 aliphatic carbocycles. The van der Waals surface area contributed by atoms with Gasteiger partial charge in [-0.2, -0.15) is 0 Å². The first kappa shape index (κ1) is 33.6. The van der Waals surface area contributed by atoms with E-state index in [1.165, 1.54) is 31.5 Å². The van der Waals surface area contributed by atoms with Gasteiger partial charge in [0, 0.05) is 90.0 Å². The molecule has 360 valence electrons. The van der Waals surface area contributed by atoms with Gasteiger partial charge in [-0.05, 0) is 55.2 Å². The highest BCUT2D eigenvalue weighted by atomic mass is 16.2. The Balaban J connectivity index is 0.000000179. The summed E-state index contributed by atoms with van der Waals surface area (Å²) in [4.78, 5) is 87.3. The zero-order valence-electron chi connectivity index (χ0n) is 52.5. The third-order valence-corrected chi connectivity index (χ3v) is 12.1.